The lowest BCUT2D eigenvalue weighted by atomic mass is 10.1. The van der Waals surface area contributed by atoms with E-state index in [4.69, 9.17) is 4.74 Å². The molecule has 1 fully saturated rings. The van der Waals surface area contributed by atoms with Gasteiger partial charge in [0, 0.05) is 26.2 Å². The summed E-state index contributed by atoms with van der Waals surface area (Å²) in [5.41, 5.74) is 0.993. The van der Waals surface area contributed by atoms with Gasteiger partial charge in [0.05, 0.1) is 17.6 Å². The van der Waals surface area contributed by atoms with Gasteiger partial charge in [-0.05, 0) is 33.6 Å². The quantitative estimate of drug-likeness (QED) is 0.901. The van der Waals surface area contributed by atoms with E-state index in [0.29, 0.717) is 0 Å². The number of ether oxygens (including phenoxy) is 1. The Morgan fingerprint density at radius 3 is 2.63 bits per heavy atom. The van der Waals surface area contributed by atoms with Gasteiger partial charge in [0.2, 0.25) is 0 Å². The van der Waals surface area contributed by atoms with Crippen molar-refractivity contribution in [3.8, 4) is 5.75 Å². The Morgan fingerprint density at radius 1 is 1.42 bits per heavy atom. The SMILES string of the molecule is COc1ccc([C@@H](CF)N2CCNCC2)cc1Br.Cl. The molecule has 0 unspecified atom stereocenters. The highest BCUT2D eigenvalue weighted by Crippen LogP contribution is 2.30. The first kappa shape index (κ1) is 16.7. The number of nitrogens with one attached hydrogen (secondary N) is 1. The van der Waals surface area contributed by atoms with Crippen LogP contribution in [0.25, 0.3) is 0 Å². The fraction of sp³-hybridized carbons (Fsp3) is 0.538. The Balaban J connectivity index is 0.00000180. The molecular weight excluding hydrogens is 335 g/mol. The van der Waals surface area contributed by atoms with Crippen molar-refractivity contribution >= 4 is 28.3 Å². The number of methoxy groups -OCH3 is 1. The minimum absolute atomic E-state index is 0. The second-order valence-corrected chi connectivity index (χ2v) is 5.20. The van der Waals surface area contributed by atoms with Crippen molar-refractivity contribution < 1.29 is 9.13 Å². The summed E-state index contributed by atoms with van der Waals surface area (Å²) in [5.74, 6) is 0.775. The van der Waals surface area contributed by atoms with Crippen molar-refractivity contribution in [2.24, 2.45) is 0 Å². The van der Waals surface area contributed by atoms with Crippen LogP contribution in [0, 0.1) is 0 Å². The first-order valence-corrected chi connectivity index (χ1v) is 6.89. The third kappa shape index (κ3) is 4.05. The van der Waals surface area contributed by atoms with Gasteiger partial charge in [0.15, 0.2) is 0 Å². The molecule has 0 radical (unpaired) electrons. The van der Waals surface area contributed by atoms with Gasteiger partial charge in [-0.2, -0.15) is 0 Å². The summed E-state index contributed by atoms with van der Waals surface area (Å²) >= 11 is 3.45. The van der Waals surface area contributed by atoms with Crippen molar-refractivity contribution in [3.05, 3.63) is 28.2 Å². The number of hydrogen-bond donors (Lipinski definition) is 1. The first-order chi connectivity index (χ1) is 8.76. The summed E-state index contributed by atoms with van der Waals surface area (Å²) in [4.78, 5) is 2.19. The fourth-order valence-electron chi connectivity index (χ4n) is 2.28. The number of rotatable bonds is 4. The Bertz CT molecular complexity index is 402. The van der Waals surface area contributed by atoms with Gasteiger partial charge in [-0.1, -0.05) is 6.07 Å². The van der Waals surface area contributed by atoms with E-state index in [1.54, 1.807) is 7.11 Å². The van der Waals surface area contributed by atoms with E-state index in [1.807, 2.05) is 18.2 Å². The van der Waals surface area contributed by atoms with Crippen molar-refractivity contribution in [2.45, 2.75) is 6.04 Å². The van der Waals surface area contributed by atoms with Crippen molar-refractivity contribution in [1.82, 2.24) is 10.2 Å². The molecule has 1 aromatic rings. The largest absolute Gasteiger partial charge is 0.496 e. The molecule has 19 heavy (non-hydrogen) atoms. The van der Waals surface area contributed by atoms with Crippen LogP contribution in [0.5, 0.6) is 5.75 Å². The molecule has 0 aromatic heterocycles. The number of piperazine rings is 1. The summed E-state index contributed by atoms with van der Waals surface area (Å²) in [5, 5.41) is 3.28. The summed E-state index contributed by atoms with van der Waals surface area (Å²) in [6.45, 7) is 3.26. The van der Waals surface area contributed by atoms with Crippen molar-refractivity contribution in [1.29, 1.82) is 0 Å². The van der Waals surface area contributed by atoms with Crippen LogP contribution in [-0.2, 0) is 0 Å². The van der Waals surface area contributed by atoms with Crippen LogP contribution in [0.2, 0.25) is 0 Å². The fourth-order valence-corrected chi connectivity index (χ4v) is 2.84. The smallest absolute Gasteiger partial charge is 0.133 e. The maximum atomic E-state index is 13.3. The Labute approximate surface area is 128 Å². The molecule has 3 nitrogen and oxygen atoms in total. The second kappa shape index (κ2) is 8.04. The normalized spacial score (nSPS) is 17.6. The van der Waals surface area contributed by atoms with Gasteiger partial charge < -0.3 is 10.1 Å². The molecule has 0 aliphatic carbocycles. The molecule has 0 bridgehead atoms. The first-order valence-electron chi connectivity index (χ1n) is 6.10. The van der Waals surface area contributed by atoms with Crippen LogP contribution in [0.3, 0.4) is 0 Å². The molecule has 2 rings (SSSR count). The molecule has 0 amide bonds. The van der Waals surface area contributed by atoms with Gasteiger partial charge in [-0.3, -0.25) is 4.90 Å². The summed E-state index contributed by atoms with van der Waals surface area (Å²) in [7, 11) is 1.63. The summed E-state index contributed by atoms with van der Waals surface area (Å²) in [6, 6.07) is 5.61. The Hall–Kier alpha value is -0.360. The van der Waals surface area contributed by atoms with E-state index < -0.39 is 0 Å². The zero-order chi connectivity index (χ0) is 13.0. The van der Waals surface area contributed by atoms with Crippen LogP contribution in [0.1, 0.15) is 11.6 Å². The van der Waals surface area contributed by atoms with E-state index in [9.17, 15) is 4.39 Å². The maximum Gasteiger partial charge on any atom is 0.133 e. The third-order valence-electron chi connectivity index (χ3n) is 3.30. The molecule has 1 saturated heterocycles. The molecule has 0 saturated carbocycles. The lowest BCUT2D eigenvalue weighted by Gasteiger charge is -2.33. The highest BCUT2D eigenvalue weighted by atomic mass is 79.9. The van der Waals surface area contributed by atoms with Crippen molar-refractivity contribution in [3.63, 3.8) is 0 Å². The lowest BCUT2D eigenvalue weighted by molar-refractivity contribution is 0.147. The molecule has 1 atom stereocenters. The van der Waals surface area contributed by atoms with E-state index >= 15 is 0 Å². The van der Waals surface area contributed by atoms with Crippen LogP contribution in [0.15, 0.2) is 22.7 Å². The molecule has 108 valence electrons. The van der Waals surface area contributed by atoms with Crippen LogP contribution >= 0.6 is 28.3 Å². The maximum absolute atomic E-state index is 13.3. The molecule has 6 heteroatoms. The Morgan fingerprint density at radius 2 is 2.11 bits per heavy atom. The molecule has 0 spiro atoms. The number of halogens is 3. The predicted octanol–water partition coefficient (Wildman–Crippen LogP) is 2.80. The molecule has 1 aromatic carbocycles. The van der Waals surface area contributed by atoms with Crippen LogP contribution in [-0.4, -0.2) is 44.9 Å². The zero-order valence-corrected chi connectivity index (χ0v) is 13.3. The zero-order valence-electron chi connectivity index (χ0n) is 10.9. The molecule has 1 heterocycles. The highest BCUT2D eigenvalue weighted by Gasteiger charge is 2.22. The summed E-state index contributed by atoms with van der Waals surface area (Å²) < 4.78 is 19.4. The minimum Gasteiger partial charge on any atom is -0.496 e. The average Bonchev–Trinajstić information content (AvgIpc) is 2.41. The van der Waals surface area contributed by atoms with Gasteiger partial charge in [-0.15, -0.1) is 12.4 Å². The monoisotopic (exact) mass is 352 g/mol. The van der Waals surface area contributed by atoms with E-state index in [0.717, 1.165) is 42.0 Å². The van der Waals surface area contributed by atoms with Crippen LogP contribution < -0.4 is 10.1 Å². The van der Waals surface area contributed by atoms with Crippen molar-refractivity contribution in [2.75, 3.05) is 40.0 Å². The number of benzene rings is 1. The second-order valence-electron chi connectivity index (χ2n) is 4.35. The van der Waals surface area contributed by atoms with Gasteiger partial charge in [0.25, 0.3) is 0 Å². The van der Waals surface area contributed by atoms with E-state index in [-0.39, 0.29) is 25.1 Å². The third-order valence-corrected chi connectivity index (χ3v) is 3.92. The van der Waals surface area contributed by atoms with E-state index in [2.05, 4.69) is 26.1 Å². The van der Waals surface area contributed by atoms with Gasteiger partial charge >= 0.3 is 0 Å². The number of nitrogens with zero attached hydrogens (tertiary/aromatic N) is 1. The van der Waals surface area contributed by atoms with Gasteiger partial charge in [0.1, 0.15) is 12.4 Å². The average molecular weight is 354 g/mol. The molecule has 1 aliphatic heterocycles. The molecule has 1 aliphatic rings. The van der Waals surface area contributed by atoms with Gasteiger partial charge in [-0.25, -0.2) is 4.39 Å². The molecular formula is C13H19BrClFN2O. The van der Waals surface area contributed by atoms with E-state index in [1.165, 1.54) is 0 Å². The molecule has 1 N–H and O–H groups in total. The predicted molar refractivity (Wildman–Crippen MR) is 81.1 cm³/mol. The topological polar surface area (TPSA) is 24.5 Å². The number of alkyl halides is 1. The minimum atomic E-state index is -0.362. The summed E-state index contributed by atoms with van der Waals surface area (Å²) in [6.07, 6.45) is 0. The standard InChI is InChI=1S/C13H18BrFN2O.ClH/c1-18-13-3-2-10(8-11(13)14)12(9-15)17-6-4-16-5-7-17;/h2-3,8,12,16H,4-7,9H2,1H3;1H/t12-;/m1./s1. The Kier molecular flexibility index (Phi) is 7.07. The lowest BCUT2D eigenvalue weighted by Crippen LogP contribution is -2.45. The number of hydrogen-bond acceptors (Lipinski definition) is 3. The van der Waals surface area contributed by atoms with Crippen LogP contribution in [0.4, 0.5) is 4.39 Å². The highest BCUT2D eigenvalue weighted by molar-refractivity contribution is 9.10.